The third-order valence-corrected chi connectivity index (χ3v) is 6.42. The molecule has 1 amide bonds. The van der Waals surface area contributed by atoms with Crippen LogP contribution >= 0.6 is 0 Å². The van der Waals surface area contributed by atoms with E-state index >= 15 is 0 Å². The number of carbonyl (C=O) groups excluding carboxylic acids is 1. The SMILES string of the molecule is CC(C(=O)O)N(C)C(=O)C1CCCN(S(=O)(=O)Cc2ccccc2)C1. The van der Waals surface area contributed by atoms with Crippen LogP contribution in [0.2, 0.25) is 0 Å². The van der Waals surface area contributed by atoms with Gasteiger partial charge in [0.1, 0.15) is 6.04 Å². The number of carboxylic acid groups (broad SMARTS) is 1. The number of sulfonamides is 1. The number of hydrogen-bond donors (Lipinski definition) is 1. The number of benzene rings is 1. The molecule has 7 nitrogen and oxygen atoms in total. The topological polar surface area (TPSA) is 95.0 Å². The molecule has 1 heterocycles. The van der Waals surface area contributed by atoms with Crippen molar-refractivity contribution in [3.63, 3.8) is 0 Å². The molecular weight excluding hydrogens is 344 g/mol. The third-order valence-electron chi connectivity index (χ3n) is 4.60. The van der Waals surface area contributed by atoms with E-state index in [9.17, 15) is 18.0 Å². The van der Waals surface area contributed by atoms with Crippen LogP contribution < -0.4 is 0 Å². The summed E-state index contributed by atoms with van der Waals surface area (Å²) >= 11 is 0. The summed E-state index contributed by atoms with van der Waals surface area (Å²) in [5.74, 6) is -2.02. The molecule has 2 unspecified atom stereocenters. The summed E-state index contributed by atoms with van der Waals surface area (Å²) in [5.41, 5.74) is 0.701. The summed E-state index contributed by atoms with van der Waals surface area (Å²) in [7, 11) is -2.08. The smallest absolute Gasteiger partial charge is 0.326 e. The van der Waals surface area contributed by atoms with Gasteiger partial charge in [0.15, 0.2) is 0 Å². The molecule has 1 N–H and O–H groups in total. The Morgan fingerprint density at radius 1 is 1.32 bits per heavy atom. The normalized spacial score (nSPS) is 20.0. The fourth-order valence-corrected chi connectivity index (χ4v) is 4.53. The summed E-state index contributed by atoms with van der Waals surface area (Å²) in [6.45, 7) is 1.93. The molecule has 1 saturated heterocycles. The fourth-order valence-electron chi connectivity index (χ4n) is 2.92. The van der Waals surface area contributed by atoms with Crippen LogP contribution in [0.3, 0.4) is 0 Å². The van der Waals surface area contributed by atoms with Crippen LogP contribution in [0.15, 0.2) is 30.3 Å². The predicted octanol–water partition coefficient (Wildman–Crippen LogP) is 1.16. The fraction of sp³-hybridized carbons (Fsp3) is 0.529. The number of carbonyl (C=O) groups is 2. The quantitative estimate of drug-likeness (QED) is 0.813. The van der Waals surface area contributed by atoms with Crippen LogP contribution in [0, 0.1) is 5.92 Å². The number of carboxylic acids is 1. The Labute approximate surface area is 148 Å². The van der Waals surface area contributed by atoms with Crippen LogP contribution in [-0.2, 0) is 25.4 Å². The minimum absolute atomic E-state index is 0.101. The van der Waals surface area contributed by atoms with E-state index in [1.54, 1.807) is 24.3 Å². The highest BCUT2D eigenvalue weighted by Crippen LogP contribution is 2.23. The first kappa shape index (κ1) is 19.4. The Bertz CT molecular complexity index is 720. The Morgan fingerprint density at radius 3 is 2.56 bits per heavy atom. The zero-order chi connectivity index (χ0) is 18.6. The summed E-state index contributed by atoms with van der Waals surface area (Å²) in [4.78, 5) is 24.8. The zero-order valence-corrected chi connectivity index (χ0v) is 15.3. The van der Waals surface area contributed by atoms with Gasteiger partial charge in [0.25, 0.3) is 0 Å². The molecule has 0 spiro atoms. The van der Waals surface area contributed by atoms with Crippen molar-refractivity contribution >= 4 is 21.9 Å². The van der Waals surface area contributed by atoms with Gasteiger partial charge >= 0.3 is 5.97 Å². The average molecular weight is 368 g/mol. The lowest BCUT2D eigenvalue weighted by Gasteiger charge is -2.34. The summed E-state index contributed by atoms with van der Waals surface area (Å²) in [6, 6.07) is 7.97. The molecule has 0 aliphatic carbocycles. The Morgan fingerprint density at radius 2 is 1.96 bits per heavy atom. The molecule has 2 rings (SSSR count). The van der Waals surface area contributed by atoms with Crippen LogP contribution in [-0.4, -0.2) is 60.8 Å². The monoisotopic (exact) mass is 368 g/mol. The predicted molar refractivity (Wildman–Crippen MR) is 93.2 cm³/mol. The highest BCUT2D eigenvalue weighted by molar-refractivity contribution is 7.88. The standard InChI is InChI=1S/C17H24N2O5S/c1-13(17(21)22)18(2)16(20)15-9-6-10-19(11-15)25(23,24)12-14-7-4-3-5-8-14/h3-5,7-8,13,15H,6,9-12H2,1-2H3,(H,21,22). The van der Waals surface area contributed by atoms with E-state index in [-0.39, 0.29) is 18.2 Å². The van der Waals surface area contributed by atoms with Crippen LogP contribution in [0.1, 0.15) is 25.3 Å². The van der Waals surface area contributed by atoms with Gasteiger partial charge in [0, 0.05) is 20.1 Å². The molecule has 0 bridgehead atoms. The highest BCUT2D eigenvalue weighted by Gasteiger charge is 2.35. The lowest BCUT2D eigenvalue weighted by atomic mass is 9.97. The van der Waals surface area contributed by atoms with E-state index in [1.165, 1.54) is 23.2 Å². The first-order valence-corrected chi connectivity index (χ1v) is 9.84. The maximum atomic E-state index is 12.6. The average Bonchev–Trinajstić information content (AvgIpc) is 2.60. The third kappa shape index (κ3) is 4.79. The van der Waals surface area contributed by atoms with Gasteiger partial charge < -0.3 is 10.0 Å². The first-order chi connectivity index (χ1) is 11.7. The van der Waals surface area contributed by atoms with Crippen molar-refractivity contribution < 1.29 is 23.1 Å². The molecule has 1 aromatic carbocycles. The van der Waals surface area contributed by atoms with Crippen molar-refractivity contribution in [3.05, 3.63) is 35.9 Å². The van der Waals surface area contributed by atoms with Crippen molar-refractivity contribution in [1.82, 2.24) is 9.21 Å². The summed E-state index contributed by atoms with van der Waals surface area (Å²) in [6.07, 6.45) is 1.15. The van der Waals surface area contributed by atoms with Crippen molar-refractivity contribution in [3.8, 4) is 0 Å². The Hall–Kier alpha value is -1.93. The molecule has 138 valence electrons. The molecule has 25 heavy (non-hydrogen) atoms. The lowest BCUT2D eigenvalue weighted by molar-refractivity contribution is -0.150. The maximum absolute atomic E-state index is 12.6. The van der Waals surface area contributed by atoms with Gasteiger partial charge in [-0.15, -0.1) is 0 Å². The Kier molecular flexibility index (Phi) is 6.18. The largest absolute Gasteiger partial charge is 0.480 e. The van der Waals surface area contributed by atoms with E-state index in [4.69, 9.17) is 5.11 Å². The van der Waals surface area contributed by atoms with E-state index < -0.39 is 28.0 Å². The second-order valence-corrected chi connectivity index (χ2v) is 8.37. The van der Waals surface area contributed by atoms with E-state index in [0.29, 0.717) is 24.9 Å². The highest BCUT2D eigenvalue weighted by atomic mass is 32.2. The minimum Gasteiger partial charge on any atom is -0.480 e. The van der Waals surface area contributed by atoms with Gasteiger partial charge in [-0.25, -0.2) is 17.5 Å². The number of nitrogens with zero attached hydrogens (tertiary/aromatic N) is 2. The number of piperidine rings is 1. The van der Waals surface area contributed by atoms with Crippen molar-refractivity contribution in [1.29, 1.82) is 0 Å². The van der Waals surface area contributed by atoms with E-state index in [2.05, 4.69) is 0 Å². The van der Waals surface area contributed by atoms with Gasteiger partial charge in [-0.05, 0) is 25.3 Å². The zero-order valence-electron chi connectivity index (χ0n) is 14.5. The van der Waals surface area contributed by atoms with Crippen LogP contribution in [0.5, 0.6) is 0 Å². The second-order valence-electron chi connectivity index (χ2n) is 6.40. The van der Waals surface area contributed by atoms with Gasteiger partial charge in [0.05, 0.1) is 11.7 Å². The second kappa shape index (κ2) is 7.97. The molecular formula is C17H24N2O5S. The van der Waals surface area contributed by atoms with Gasteiger partial charge in [-0.3, -0.25) is 4.79 Å². The summed E-state index contributed by atoms with van der Waals surface area (Å²) in [5, 5.41) is 9.04. The number of rotatable bonds is 6. The maximum Gasteiger partial charge on any atom is 0.326 e. The summed E-state index contributed by atoms with van der Waals surface area (Å²) < 4.78 is 26.6. The van der Waals surface area contributed by atoms with E-state index in [1.807, 2.05) is 6.07 Å². The van der Waals surface area contributed by atoms with E-state index in [0.717, 1.165) is 0 Å². The van der Waals surface area contributed by atoms with Crippen LogP contribution in [0.4, 0.5) is 0 Å². The molecule has 1 fully saturated rings. The number of likely N-dealkylation sites (N-methyl/N-ethyl adjacent to an activating group) is 1. The number of amides is 1. The molecule has 0 aromatic heterocycles. The van der Waals surface area contributed by atoms with Gasteiger partial charge in [-0.2, -0.15) is 0 Å². The molecule has 0 radical (unpaired) electrons. The van der Waals surface area contributed by atoms with Crippen molar-refractivity contribution in [2.45, 2.75) is 31.6 Å². The Balaban J connectivity index is 2.07. The lowest BCUT2D eigenvalue weighted by Crippen LogP contribution is -2.49. The van der Waals surface area contributed by atoms with Crippen molar-refractivity contribution in [2.24, 2.45) is 5.92 Å². The molecule has 1 aliphatic heterocycles. The van der Waals surface area contributed by atoms with Crippen molar-refractivity contribution in [2.75, 3.05) is 20.1 Å². The number of hydrogen-bond acceptors (Lipinski definition) is 4. The van der Waals surface area contributed by atoms with Gasteiger partial charge in [-0.1, -0.05) is 30.3 Å². The first-order valence-electron chi connectivity index (χ1n) is 8.23. The van der Waals surface area contributed by atoms with Crippen LogP contribution in [0.25, 0.3) is 0 Å². The van der Waals surface area contributed by atoms with Gasteiger partial charge in [0.2, 0.25) is 15.9 Å². The minimum atomic E-state index is -3.52. The molecule has 0 saturated carbocycles. The molecule has 1 aromatic rings. The molecule has 1 aliphatic rings. The molecule has 2 atom stereocenters. The number of aliphatic carboxylic acids is 1. The molecule has 8 heteroatoms.